The quantitative estimate of drug-likeness (QED) is 0.845. The fourth-order valence-electron chi connectivity index (χ4n) is 2.94. The van der Waals surface area contributed by atoms with Crippen molar-refractivity contribution in [1.82, 2.24) is 15.1 Å². The summed E-state index contributed by atoms with van der Waals surface area (Å²) in [6.45, 7) is 9.32. The zero-order chi connectivity index (χ0) is 13.5. The minimum absolute atomic E-state index is 0.509. The molecule has 3 heteroatoms. The van der Waals surface area contributed by atoms with Gasteiger partial charge in [0.25, 0.3) is 0 Å². The Kier molecular flexibility index (Phi) is 5.83. The normalized spacial score (nSPS) is 19.5. The Morgan fingerprint density at radius 2 is 1.79 bits per heavy atom. The van der Waals surface area contributed by atoms with E-state index in [2.05, 4.69) is 52.4 Å². The van der Waals surface area contributed by atoms with E-state index in [9.17, 15) is 0 Å². The van der Waals surface area contributed by atoms with Crippen molar-refractivity contribution in [3.05, 3.63) is 35.9 Å². The molecular weight excluding hydrogens is 234 g/mol. The maximum absolute atomic E-state index is 3.34. The largest absolute Gasteiger partial charge is 0.318 e. The zero-order valence-electron chi connectivity index (χ0n) is 12.3. The second kappa shape index (κ2) is 7.63. The molecule has 0 amide bonds. The highest BCUT2D eigenvalue weighted by atomic mass is 15.3. The summed E-state index contributed by atoms with van der Waals surface area (Å²) in [7, 11) is 2.04. The summed E-state index contributed by atoms with van der Waals surface area (Å²) >= 11 is 0. The third kappa shape index (κ3) is 4.03. The average molecular weight is 261 g/mol. The first-order chi connectivity index (χ1) is 9.35. The Labute approximate surface area is 117 Å². The van der Waals surface area contributed by atoms with Crippen LogP contribution in [-0.2, 0) is 0 Å². The van der Waals surface area contributed by atoms with Gasteiger partial charge < -0.3 is 10.2 Å². The van der Waals surface area contributed by atoms with Gasteiger partial charge in [0, 0.05) is 38.8 Å². The van der Waals surface area contributed by atoms with Crippen LogP contribution >= 0.6 is 0 Å². The molecule has 1 heterocycles. The lowest BCUT2D eigenvalue weighted by Crippen LogP contribution is -2.49. The molecule has 1 N–H and O–H groups in total. The maximum atomic E-state index is 3.34. The summed E-state index contributed by atoms with van der Waals surface area (Å²) < 4.78 is 0. The first-order valence-corrected chi connectivity index (χ1v) is 7.51. The Morgan fingerprint density at radius 3 is 2.37 bits per heavy atom. The van der Waals surface area contributed by atoms with Crippen LogP contribution in [-0.4, -0.2) is 56.1 Å². The van der Waals surface area contributed by atoms with Crippen molar-refractivity contribution < 1.29 is 0 Å². The van der Waals surface area contributed by atoms with Gasteiger partial charge >= 0.3 is 0 Å². The molecule has 0 saturated carbocycles. The minimum Gasteiger partial charge on any atom is -0.318 e. The van der Waals surface area contributed by atoms with Crippen LogP contribution in [0, 0.1) is 0 Å². The summed E-state index contributed by atoms with van der Waals surface area (Å²) in [5, 5.41) is 3.34. The summed E-state index contributed by atoms with van der Waals surface area (Å²) in [4.78, 5) is 5.20. The minimum atomic E-state index is 0.509. The van der Waals surface area contributed by atoms with Gasteiger partial charge in [-0.15, -0.1) is 0 Å². The van der Waals surface area contributed by atoms with E-state index in [1.54, 1.807) is 0 Å². The van der Waals surface area contributed by atoms with Gasteiger partial charge in [0.2, 0.25) is 0 Å². The maximum Gasteiger partial charge on any atom is 0.0473 e. The molecule has 1 unspecified atom stereocenters. The van der Waals surface area contributed by atoms with E-state index in [0.29, 0.717) is 6.04 Å². The molecule has 19 heavy (non-hydrogen) atoms. The van der Waals surface area contributed by atoms with Gasteiger partial charge in [-0.05, 0) is 25.6 Å². The third-order valence-electron chi connectivity index (χ3n) is 3.97. The van der Waals surface area contributed by atoms with E-state index in [-0.39, 0.29) is 0 Å². The smallest absolute Gasteiger partial charge is 0.0473 e. The van der Waals surface area contributed by atoms with Gasteiger partial charge in [0.15, 0.2) is 0 Å². The number of hydrogen-bond acceptors (Lipinski definition) is 3. The molecule has 1 aliphatic rings. The van der Waals surface area contributed by atoms with Gasteiger partial charge in [-0.25, -0.2) is 0 Å². The number of benzene rings is 1. The summed E-state index contributed by atoms with van der Waals surface area (Å²) in [5.74, 6) is 0. The molecule has 0 aromatic heterocycles. The molecule has 0 bridgehead atoms. The number of nitrogens with zero attached hydrogens (tertiary/aromatic N) is 2. The fourth-order valence-corrected chi connectivity index (χ4v) is 2.94. The fraction of sp³-hybridized carbons (Fsp3) is 0.625. The predicted molar refractivity (Wildman–Crippen MR) is 81.4 cm³/mol. The van der Waals surface area contributed by atoms with Crippen molar-refractivity contribution in [1.29, 1.82) is 0 Å². The van der Waals surface area contributed by atoms with Crippen molar-refractivity contribution in [2.75, 3.05) is 46.3 Å². The Bertz CT molecular complexity index is 344. The van der Waals surface area contributed by atoms with Crippen molar-refractivity contribution >= 4 is 0 Å². The molecule has 106 valence electrons. The Hall–Kier alpha value is -0.900. The van der Waals surface area contributed by atoms with Gasteiger partial charge in [-0.3, -0.25) is 4.90 Å². The number of piperazine rings is 1. The lowest BCUT2D eigenvalue weighted by atomic mass is 10.0. The van der Waals surface area contributed by atoms with Crippen LogP contribution in [0.3, 0.4) is 0 Å². The van der Waals surface area contributed by atoms with Crippen molar-refractivity contribution in [2.45, 2.75) is 19.4 Å². The van der Waals surface area contributed by atoms with Crippen molar-refractivity contribution in [3.8, 4) is 0 Å². The van der Waals surface area contributed by atoms with Crippen LogP contribution < -0.4 is 5.32 Å². The van der Waals surface area contributed by atoms with Crippen LogP contribution in [0.5, 0.6) is 0 Å². The first-order valence-electron chi connectivity index (χ1n) is 7.51. The van der Waals surface area contributed by atoms with Gasteiger partial charge in [-0.2, -0.15) is 0 Å². The van der Waals surface area contributed by atoms with E-state index >= 15 is 0 Å². The van der Waals surface area contributed by atoms with Gasteiger partial charge in [-0.1, -0.05) is 37.3 Å². The summed E-state index contributed by atoms with van der Waals surface area (Å²) in [6.07, 6.45) is 1.26. The first kappa shape index (κ1) is 14.5. The lowest BCUT2D eigenvalue weighted by molar-refractivity contribution is 0.0958. The molecule has 2 rings (SSSR count). The number of nitrogens with one attached hydrogen (secondary N) is 1. The summed E-state index contributed by atoms with van der Waals surface area (Å²) in [5.41, 5.74) is 1.43. The molecule has 1 atom stereocenters. The highest BCUT2D eigenvalue weighted by molar-refractivity contribution is 5.19. The van der Waals surface area contributed by atoms with Crippen molar-refractivity contribution in [2.24, 2.45) is 0 Å². The molecule has 0 radical (unpaired) electrons. The molecule has 0 aliphatic carbocycles. The Morgan fingerprint density at radius 1 is 1.11 bits per heavy atom. The topological polar surface area (TPSA) is 18.5 Å². The monoisotopic (exact) mass is 261 g/mol. The second-order valence-corrected chi connectivity index (χ2v) is 5.36. The molecule has 1 aromatic rings. The summed E-state index contributed by atoms with van der Waals surface area (Å²) in [6, 6.07) is 11.4. The molecule has 0 spiro atoms. The van der Waals surface area contributed by atoms with Crippen LogP contribution in [0.25, 0.3) is 0 Å². The van der Waals surface area contributed by atoms with Crippen molar-refractivity contribution in [3.63, 3.8) is 0 Å². The zero-order valence-corrected chi connectivity index (χ0v) is 12.3. The predicted octanol–water partition coefficient (Wildman–Crippen LogP) is 1.97. The lowest BCUT2D eigenvalue weighted by Gasteiger charge is -2.39. The molecular formula is C16H27N3. The second-order valence-electron chi connectivity index (χ2n) is 5.36. The van der Waals surface area contributed by atoms with E-state index in [1.807, 2.05) is 7.05 Å². The van der Waals surface area contributed by atoms with E-state index in [1.165, 1.54) is 44.7 Å². The molecule has 1 aliphatic heterocycles. The number of hydrogen-bond donors (Lipinski definition) is 1. The number of rotatable bonds is 6. The van der Waals surface area contributed by atoms with Crippen LogP contribution in [0.1, 0.15) is 24.9 Å². The van der Waals surface area contributed by atoms with Crippen LogP contribution in [0.4, 0.5) is 0 Å². The molecule has 1 saturated heterocycles. The number of likely N-dealkylation sites (N-methyl/N-ethyl adjacent to an activating group) is 1. The van der Waals surface area contributed by atoms with E-state index in [4.69, 9.17) is 0 Å². The standard InChI is InChI=1S/C16H27N3/c1-3-9-18-10-12-19(13-11-18)16(14-17-2)15-7-5-4-6-8-15/h4-8,16-17H,3,9-14H2,1-2H3. The van der Waals surface area contributed by atoms with Crippen LogP contribution in [0.15, 0.2) is 30.3 Å². The highest BCUT2D eigenvalue weighted by Crippen LogP contribution is 2.21. The third-order valence-corrected chi connectivity index (χ3v) is 3.97. The van der Waals surface area contributed by atoms with E-state index < -0.39 is 0 Å². The van der Waals surface area contributed by atoms with E-state index in [0.717, 1.165) is 6.54 Å². The highest BCUT2D eigenvalue weighted by Gasteiger charge is 2.23. The Balaban J connectivity index is 1.97. The van der Waals surface area contributed by atoms with Gasteiger partial charge in [0.1, 0.15) is 0 Å². The average Bonchev–Trinajstić information content (AvgIpc) is 2.47. The SMILES string of the molecule is CCCN1CCN(C(CNC)c2ccccc2)CC1. The molecule has 3 nitrogen and oxygen atoms in total. The van der Waals surface area contributed by atoms with Gasteiger partial charge in [0.05, 0.1) is 0 Å². The van der Waals surface area contributed by atoms with Crippen LogP contribution in [0.2, 0.25) is 0 Å². The molecule has 1 fully saturated rings. The molecule has 1 aromatic carbocycles.